The molecule has 1 aliphatic heterocycles. The molecule has 2 amide bonds. The first-order chi connectivity index (χ1) is 13.2. The van der Waals surface area contributed by atoms with Gasteiger partial charge in [-0.05, 0) is 36.1 Å². The predicted octanol–water partition coefficient (Wildman–Crippen LogP) is 0.205. The normalized spacial score (nSPS) is 20.6. The smallest absolute Gasteiger partial charge is 0.243 e. The number of rotatable bonds is 5. The van der Waals surface area contributed by atoms with Crippen LogP contribution in [0.2, 0.25) is 0 Å². The number of fused-ring (bicyclic) bond motifs is 1. The molecule has 0 aromatic heterocycles. The summed E-state index contributed by atoms with van der Waals surface area (Å²) in [5.74, 6) is -0.103. The summed E-state index contributed by atoms with van der Waals surface area (Å²) in [6.07, 6.45) is 1.62. The Morgan fingerprint density at radius 3 is 2.46 bits per heavy atom. The molecule has 0 spiro atoms. The van der Waals surface area contributed by atoms with Crippen LogP contribution in [0.15, 0.2) is 23.1 Å². The van der Waals surface area contributed by atoms with E-state index in [4.69, 9.17) is 0 Å². The summed E-state index contributed by atoms with van der Waals surface area (Å²) in [6, 6.07) is 5.10. The van der Waals surface area contributed by atoms with Crippen LogP contribution in [-0.2, 0) is 26.0 Å². The van der Waals surface area contributed by atoms with E-state index in [0.29, 0.717) is 32.7 Å². The molecule has 1 aromatic rings. The van der Waals surface area contributed by atoms with Crippen molar-refractivity contribution in [3.8, 4) is 0 Å². The highest BCUT2D eigenvalue weighted by Gasteiger charge is 2.31. The van der Waals surface area contributed by atoms with E-state index < -0.39 is 10.0 Å². The van der Waals surface area contributed by atoms with Crippen molar-refractivity contribution in [3.63, 3.8) is 0 Å². The second-order valence-corrected chi connectivity index (χ2v) is 9.56. The van der Waals surface area contributed by atoms with E-state index in [1.54, 1.807) is 31.1 Å². The fourth-order valence-electron chi connectivity index (χ4n) is 3.75. The van der Waals surface area contributed by atoms with Crippen molar-refractivity contribution < 1.29 is 18.0 Å². The molecule has 28 heavy (non-hydrogen) atoms. The van der Waals surface area contributed by atoms with E-state index in [0.717, 1.165) is 24.0 Å². The Morgan fingerprint density at radius 2 is 1.86 bits per heavy atom. The lowest BCUT2D eigenvalue weighted by Crippen LogP contribution is -2.50. The Morgan fingerprint density at radius 1 is 1.18 bits per heavy atom. The lowest BCUT2D eigenvalue weighted by Gasteiger charge is -2.34. The number of nitrogens with one attached hydrogen (secondary N) is 1. The van der Waals surface area contributed by atoms with Gasteiger partial charge >= 0.3 is 0 Å². The number of hydrogen-bond donors (Lipinski definition) is 1. The number of amides is 2. The van der Waals surface area contributed by atoms with Crippen molar-refractivity contribution in [2.24, 2.45) is 0 Å². The monoisotopic (exact) mass is 408 g/mol. The van der Waals surface area contributed by atoms with Crippen LogP contribution in [0.3, 0.4) is 0 Å². The molecule has 0 bridgehead atoms. The van der Waals surface area contributed by atoms with Gasteiger partial charge in [0.25, 0.3) is 0 Å². The van der Waals surface area contributed by atoms with Gasteiger partial charge < -0.3 is 10.2 Å². The van der Waals surface area contributed by atoms with E-state index in [-0.39, 0.29) is 22.8 Å². The van der Waals surface area contributed by atoms with Crippen LogP contribution in [0, 0.1) is 0 Å². The van der Waals surface area contributed by atoms with Crippen LogP contribution in [0.1, 0.15) is 30.5 Å². The van der Waals surface area contributed by atoms with Crippen molar-refractivity contribution in [1.82, 2.24) is 19.4 Å². The topological polar surface area (TPSA) is 90.0 Å². The zero-order valence-electron chi connectivity index (χ0n) is 16.6. The van der Waals surface area contributed by atoms with Crippen molar-refractivity contribution in [3.05, 3.63) is 29.3 Å². The summed E-state index contributed by atoms with van der Waals surface area (Å²) in [5.41, 5.74) is 1.98. The zero-order chi connectivity index (χ0) is 20.5. The molecule has 8 nitrogen and oxygen atoms in total. The first kappa shape index (κ1) is 20.8. The van der Waals surface area contributed by atoms with Crippen molar-refractivity contribution >= 4 is 21.8 Å². The third-order valence-corrected chi connectivity index (χ3v) is 7.29. The molecule has 1 atom stereocenters. The second-order valence-electron chi connectivity index (χ2n) is 7.62. The first-order valence-electron chi connectivity index (χ1n) is 9.51. The van der Waals surface area contributed by atoms with Gasteiger partial charge in [0.05, 0.1) is 17.5 Å². The molecule has 2 aliphatic rings. The number of carbonyl (C=O) groups is 2. The fraction of sp³-hybridized carbons (Fsp3) is 0.579. The van der Waals surface area contributed by atoms with Gasteiger partial charge in [-0.2, -0.15) is 4.31 Å². The van der Waals surface area contributed by atoms with Gasteiger partial charge in [-0.3, -0.25) is 14.5 Å². The molecule has 1 aromatic carbocycles. The van der Waals surface area contributed by atoms with Gasteiger partial charge in [0.2, 0.25) is 21.8 Å². The number of benzene rings is 1. The Bertz CT molecular complexity index is 861. The van der Waals surface area contributed by atoms with Gasteiger partial charge in [0.15, 0.2) is 0 Å². The fourth-order valence-corrected chi connectivity index (χ4v) is 5.20. The highest BCUT2D eigenvalue weighted by molar-refractivity contribution is 7.89. The quantitative estimate of drug-likeness (QED) is 0.752. The minimum Gasteiger partial charge on any atom is -0.350 e. The van der Waals surface area contributed by atoms with Crippen molar-refractivity contribution in [1.29, 1.82) is 0 Å². The Balaban J connectivity index is 1.71. The molecule has 1 heterocycles. The van der Waals surface area contributed by atoms with E-state index in [2.05, 4.69) is 5.32 Å². The van der Waals surface area contributed by atoms with Crippen molar-refractivity contribution in [2.75, 3.05) is 46.8 Å². The molecule has 1 aliphatic carbocycles. The Kier molecular flexibility index (Phi) is 6.07. The van der Waals surface area contributed by atoms with Crippen LogP contribution in [-0.4, -0.2) is 81.2 Å². The molecule has 9 heteroatoms. The minimum atomic E-state index is -3.61. The van der Waals surface area contributed by atoms with Crippen molar-refractivity contribution in [2.45, 2.75) is 30.7 Å². The molecule has 1 saturated heterocycles. The van der Waals surface area contributed by atoms with Crippen LogP contribution in [0.25, 0.3) is 0 Å². The zero-order valence-corrected chi connectivity index (χ0v) is 17.5. The molecular weight excluding hydrogens is 380 g/mol. The molecular formula is C19H28N4O4S. The minimum absolute atomic E-state index is 0.0129. The number of piperazine rings is 1. The SMILES string of the molecule is CC(=O)N[C@@H]1CCc2ccc(S(=O)(=O)N3CCN(CC(=O)N(C)C)CC3)cc21. The van der Waals surface area contributed by atoms with Crippen LogP contribution in [0.4, 0.5) is 0 Å². The van der Waals surface area contributed by atoms with Crippen LogP contribution in [0.5, 0.6) is 0 Å². The molecule has 0 saturated carbocycles. The molecule has 1 N–H and O–H groups in total. The summed E-state index contributed by atoms with van der Waals surface area (Å²) in [4.78, 5) is 27.0. The predicted molar refractivity (Wildman–Crippen MR) is 105 cm³/mol. The summed E-state index contributed by atoms with van der Waals surface area (Å²) in [7, 11) is -0.178. The average Bonchev–Trinajstić information content (AvgIpc) is 3.03. The average molecular weight is 409 g/mol. The van der Waals surface area contributed by atoms with E-state index in [1.165, 1.54) is 11.2 Å². The summed E-state index contributed by atoms with van der Waals surface area (Å²) >= 11 is 0. The number of carbonyl (C=O) groups excluding carboxylic acids is 2. The largest absolute Gasteiger partial charge is 0.350 e. The maximum atomic E-state index is 13.1. The standard InChI is InChI=1S/C19H28N4O4S/c1-14(24)20-18-7-5-15-4-6-16(12-17(15)18)28(26,27)23-10-8-22(9-11-23)13-19(25)21(2)3/h4,6,12,18H,5,7-11,13H2,1-3H3,(H,20,24)/t18-/m1/s1. The number of hydrogen-bond acceptors (Lipinski definition) is 5. The number of aryl methyl sites for hydroxylation is 1. The van der Waals surface area contributed by atoms with Gasteiger partial charge in [0.1, 0.15) is 0 Å². The first-order valence-corrected chi connectivity index (χ1v) is 10.9. The summed E-state index contributed by atoms with van der Waals surface area (Å²) < 4.78 is 27.7. The summed E-state index contributed by atoms with van der Waals surface area (Å²) in [5, 5.41) is 2.90. The highest BCUT2D eigenvalue weighted by Crippen LogP contribution is 2.33. The Labute approximate surface area is 166 Å². The van der Waals surface area contributed by atoms with Gasteiger partial charge in [0, 0.05) is 47.2 Å². The molecule has 0 unspecified atom stereocenters. The molecule has 154 valence electrons. The second kappa shape index (κ2) is 8.18. The lowest BCUT2D eigenvalue weighted by atomic mass is 10.1. The van der Waals surface area contributed by atoms with Gasteiger partial charge in [-0.1, -0.05) is 6.07 Å². The van der Waals surface area contributed by atoms with Crippen LogP contribution < -0.4 is 5.32 Å². The number of nitrogens with zero attached hydrogens (tertiary/aromatic N) is 3. The van der Waals surface area contributed by atoms with E-state index in [9.17, 15) is 18.0 Å². The van der Waals surface area contributed by atoms with E-state index >= 15 is 0 Å². The maximum Gasteiger partial charge on any atom is 0.243 e. The third-order valence-electron chi connectivity index (χ3n) is 5.40. The summed E-state index contributed by atoms with van der Waals surface area (Å²) in [6.45, 7) is 3.54. The molecule has 0 radical (unpaired) electrons. The Hall–Kier alpha value is -1.97. The van der Waals surface area contributed by atoms with Crippen LogP contribution >= 0.6 is 0 Å². The molecule has 1 fully saturated rings. The van der Waals surface area contributed by atoms with Gasteiger partial charge in [-0.25, -0.2) is 8.42 Å². The molecule has 3 rings (SSSR count). The lowest BCUT2D eigenvalue weighted by molar-refractivity contribution is -0.130. The highest BCUT2D eigenvalue weighted by atomic mass is 32.2. The van der Waals surface area contributed by atoms with Gasteiger partial charge in [-0.15, -0.1) is 0 Å². The maximum absolute atomic E-state index is 13.1. The number of sulfonamides is 1. The van der Waals surface area contributed by atoms with E-state index in [1.807, 2.05) is 11.0 Å². The number of likely N-dealkylation sites (N-methyl/N-ethyl adjacent to an activating group) is 1. The third kappa shape index (κ3) is 4.37.